The summed E-state index contributed by atoms with van der Waals surface area (Å²) in [6, 6.07) is 7.59. The number of rotatable bonds is 1. The molecule has 0 bridgehead atoms. The Hall–Kier alpha value is -1.75. The van der Waals surface area contributed by atoms with Gasteiger partial charge in [0.25, 0.3) is 0 Å². The first-order chi connectivity index (χ1) is 6.31. The van der Waals surface area contributed by atoms with Crippen LogP contribution in [0.25, 0.3) is 0 Å². The predicted molar refractivity (Wildman–Crippen MR) is 48.4 cm³/mol. The fourth-order valence-electron chi connectivity index (χ4n) is 1.42. The van der Waals surface area contributed by atoms with Crippen LogP contribution in [-0.4, -0.2) is 11.9 Å². The molecule has 1 atom stereocenters. The average molecular weight is 172 g/mol. The van der Waals surface area contributed by atoms with E-state index in [-0.39, 0.29) is 5.78 Å². The molecule has 2 heteroatoms. The van der Waals surface area contributed by atoms with Crippen molar-refractivity contribution in [1.29, 1.82) is 0 Å². The summed E-state index contributed by atoms with van der Waals surface area (Å²) in [5.41, 5.74) is 1.05. The topological polar surface area (TPSA) is 26.3 Å². The lowest BCUT2D eigenvalue weighted by Gasteiger charge is -2.03. The van der Waals surface area contributed by atoms with Gasteiger partial charge in [-0.15, -0.1) is 6.42 Å². The van der Waals surface area contributed by atoms with Crippen LogP contribution in [0.15, 0.2) is 24.3 Å². The number of fused-ring (bicyclic) bond motifs is 1. The minimum atomic E-state index is -0.470. The van der Waals surface area contributed by atoms with Gasteiger partial charge in [0.2, 0.25) is 5.78 Å². The summed E-state index contributed by atoms with van der Waals surface area (Å²) in [6.07, 6.45) is 5.13. The van der Waals surface area contributed by atoms with Crippen LogP contribution in [0, 0.1) is 12.3 Å². The highest BCUT2D eigenvalue weighted by Gasteiger charge is 2.27. The first-order valence-electron chi connectivity index (χ1n) is 4.06. The summed E-state index contributed by atoms with van der Waals surface area (Å²) in [4.78, 5) is 11.1. The van der Waals surface area contributed by atoms with E-state index < -0.39 is 6.10 Å². The monoisotopic (exact) mass is 172 g/mol. The number of benzene rings is 1. The second-order valence-electron chi connectivity index (χ2n) is 2.93. The second-order valence-corrected chi connectivity index (χ2v) is 2.93. The lowest BCUT2D eigenvalue weighted by atomic mass is 10.1. The third-order valence-electron chi connectivity index (χ3n) is 2.08. The number of para-hydroxylation sites is 1. The molecule has 1 aliphatic rings. The van der Waals surface area contributed by atoms with E-state index in [0.717, 1.165) is 11.3 Å². The number of carbonyl (C=O) groups is 1. The molecule has 13 heavy (non-hydrogen) atoms. The first kappa shape index (κ1) is 7.88. The summed E-state index contributed by atoms with van der Waals surface area (Å²) < 4.78 is 5.37. The van der Waals surface area contributed by atoms with Gasteiger partial charge < -0.3 is 4.74 Å². The van der Waals surface area contributed by atoms with Crippen LogP contribution in [0.3, 0.4) is 0 Å². The molecule has 1 unspecified atom stereocenters. The van der Waals surface area contributed by atoms with E-state index in [1.165, 1.54) is 0 Å². The molecule has 0 aliphatic carbocycles. The summed E-state index contributed by atoms with van der Waals surface area (Å²) in [6.45, 7) is 0. The van der Waals surface area contributed by atoms with E-state index in [9.17, 15) is 4.79 Å². The number of hydrogen-bond acceptors (Lipinski definition) is 2. The summed E-state index contributed by atoms with van der Waals surface area (Å²) in [5.74, 6) is 2.57. The molecule has 1 aromatic carbocycles. The molecule has 0 spiro atoms. The highest BCUT2D eigenvalue weighted by atomic mass is 16.5. The van der Waals surface area contributed by atoms with Crippen molar-refractivity contribution < 1.29 is 9.53 Å². The van der Waals surface area contributed by atoms with E-state index in [1.54, 1.807) is 0 Å². The molecule has 0 amide bonds. The van der Waals surface area contributed by atoms with Gasteiger partial charge in [-0.3, -0.25) is 4.79 Å². The normalized spacial score (nSPS) is 18.5. The van der Waals surface area contributed by atoms with Crippen molar-refractivity contribution in [3.63, 3.8) is 0 Å². The number of ether oxygens (including phenoxy) is 1. The Balaban J connectivity index is 2.24. The van der Waals surface area contributed by atoms with Crippen molar-refractivity contribution in [2.24, 2.45) is 0 Å². The molecule has 2 rings (SSSR count). The molecule has 0 fully saturated rings. The van der Waals surface area contributed by atoms with E-state index in [0.29, 0.717) is 6.42 Å². The molecule has 0 radical (unpaired) electrons. The third-order valence-corrected chi connectivity index (χ3v) is 2.08. The molecular weight excluding hydrogens is 164 g/mol. The van der Waals surface area contributed by atoms with E-state index in [2.05, 4.69) is 5.92 Å². The summed E-state index contributed by atoms with van der Waals surface area (Å²) in [5, 5.41) is 0. The standard InChI is InChI=1S/C11H8O2/c1-2-9(12)11-7-8-5-3-4-6-10(8)13-11/h1,3-6,11H,7H2. The van der Waals surface area contributed by atoms with Gasteiger partial charge >= 0.3 is 0 Å². The lowest BCUT2D eigenvalue weighted by Crippen LogP contribution is -2.23. The van der Waals surface area contributed by atoms with Crippen LogP contribution in [0.2, 0.25) is 0 Å². The average Bonchev–Trinajstić information content (AvgIpc) is 2.59. The molecule has 2 nitrogen and oxygen atoms in total. The minimum absolute atomic E-state index is 0.281. The van der Waals surface area contributed by atoms with E-state index >= 15 is 0 Å². The Bertz CT molecular complexity index is 362. The lowest BCUT2D eigenvalue weighted by molar-refractivity contribution is -0.119. The summed E-state index contributed by atoms with van der Waals surface area (Å²) >= 11 is 0. The third kappa shape index (κ3) is 1.29. The van der Waals surface area contributed by atoms with Crippen LogP contribution in [0.5, 0.6) is 5.75 Å². The van der Waals surface area contributed by atoms with Crippen LogP contribution < -0.4 is 4.74 Å². The molecule has 64 valence electrons. The van der Waals surface area contributed by atoms with Gasteiger partial charge in [0.15, 0.2) is 6.10 Å². The molecule has 1 aliphatic heterocycles. The predicted octanol–water partition coefficient (Wildman–Crippen LogP) is 1.19. The van der Waals surface area contributed by atoms with Gasteiger partial charge in [-0.25, -0.2) is 0 Å². The molecule has 0 saturated heterocycles. The maximum atomic E-state index is 11.1. The zero-order chi connectivity index (χ0) is 9.26. The van der Waals surface area contributed by atoms with Crippen LogP contribution >= 0.6 is 0 Å². The first-order valence-corrected chi connectivity index (χ1v) is 4.06. The van der Waals surface area contributed by atoms with Crippen LogP contribution in [-0.2, 0) is 11.2 Å². The quantitative estimate of drug-likeness (QED) is 0.470. The SMILES string of the molecule is C#CC(=O)C1Cc2ccccc2O1. The Labute approximate surface area is 76.5 Å². The van der Waals surface area contributed by atoms with Gasteiger partial charge in [0, 0.05) is 6.42 Å². The number of hydrogen-bond donors (Lipinski definition) is 0. The van der Waals surface area contributed by atoms with Crippen LogP contribution in [0.4, 0.5) is 0 Å². The van der Waals surface area contributed by atoms with Crippen molar-refractivity contribution >= 4 is 5.78 Å². The van der Waals surface area contributed by atoms with Gasteiger partial charge in [-0.05, 0) is 17.6 Å². The van der Waals surface area contributed by atoms with Gasteiger partial charge in [0.05, 0.1) is 0 Å². The molecular formula is C11H8O2. The van der Waals surface area contributed by atoms with Crippen molar-refractivity contribution in [2.45, 2.75) is 12.5 Å². The fourth-order valence-corrected chi connectivity index (χ4v) is 1.42. The minimum Gasteiger partial charge on any atom is -0.481 e. The number of Topliss-reactive ketones (excluding diaryl/α,β-unsaturated/α-hetero) is 1. The number of carbonyl (C=O) groups excluding carboxylic acids is 1. The zero-order valence-electron chi connectivity index (χ0n) is 6.99. The molecule has 0 N–H and O–H groups in total. The van der Waals surface area contributed by atoms with Crippen molar-refractivity contribution in [2.75, 3.05) is 0 Å². The molecule has 0 aromatic heterocycles. The molecule has 1 heterocycles. The van der Waals surface area contributed by atoms with Crippen LogP contribution in [0.1, 0.15) is 5.56 Å². The molecule has 1 aromatic rings. The maximum Gasteiger partial charge on any atom is 0.246 e. The smallest absolute Gasteiger partial charge is 0.246 e. The Morgan fingerprint density at radius 2 is 2.31 bits per heavy atom. The van der Waals surface area contributed by atoms with E-state index in [1.807, 2.05) is 24.3 Å². The fraction of sp³-hybridized carbons (Fsp3) is 0.182. The highest BCUT2D eigenvalue weighted by molar-refractivity contribution is 5.99. The van der Waals surface area contributed by atoms with Crippen molar-refractivity contribution in [1.82, 2.24) is 0 Å². The van der Waals surface area contributed by atoms with Gasteiger partial charge in [-0.1, -0.05) is 18.2 Å². The van der Waals surface area contributed by atoms with E-state index in [4.69, 9.17) is 11.2 Å². The summed E-state index contributed by atoms with van der Waals surface area (Å²) in [7, 11) is 0. The van der Waals surface area contributed by atoms with Gasteiger partial charge in [-0.2, -0.15) is 0 Å². The van der Waals surface area contributed by atoms with Crippen molar-refractivity contribution in [3.8, 4) is 18.1 Å². The number of terminal acetylenes is 1. The van der Waals surface area contributed by atoms with Gasteiger partial charge in [0.1, 0.15) is 5.75 Å². The Morgan fingerprint density at radius 1 is 1.54 bits per heavy atom. The number of ketones is 1. The maximum absolute atomic E-state index is 11.1. The zero-order valence-corrected chi connectivity index (χ0v) is 6.99. The second kappa shape index (κ2) is 2.95. The van der Waals surface area contributed by atoms with Crippen molar-refractivity contribution in [3.05, 3.63) is 29.8 Å². The Morgan fingerprint density at radius 3 is 3.00 bits per heavy atom. The largest absolute Gasteiger partial charge is 0.481 e. The Kier molecular flexibility index (Phi) is 1.79. The molecule has 0 saturated carbocycles. The highest BCUT2D eigenvalue weighted by Crippen LogP contribution is 2.28.